The van der Waals surface area contributed by atoms with Crippen LogP contribution in [-0.4, -0.2) is 38.0 Å². The van der Waals surface area contributed by atoms with Gasteiger partial charge >= 0.3 is 6.61 Å². The number of ether oxygens (including phenoxy) is 1. The van der Waals surface area contributed by atoms with Gasteiger partial charge in [0.2, 0.25) is 5.91 Å². The van der Waals surface area contributed by atoms with Crippen molar-refractivity contribution in [3.05, 3.63) is 84.7 Å². The maximum Gasteiger partial charge on any atom is 0.387 e. The number of carbonyl (C=O) groups excluding carboxylic acids is 1. The Hall–Kier alpha value is -3.79. The highest BCUT2D eigenvalue weighted by atomic mass is 32.2. The van der Waals surface area contributed by atoms with Crippen LogP contribution in [0.5, 0.6) is 5.75 Å². The second kappa shape index (κ2) is 10.7. The Labute approximate surface area is 192 Å². The quantitative estimate of drug-likeness (QED) is 0.359. The van der Waals surface area contributed by atoms with E-state index < -0.39 is 6.61 Å². The number of pyridine rings is 1. The number of rotatable bonds is 9. The number of alkyl halides is 2. The minimum Gasteiger partial charge on any atom is -0.433 e. The van der Waals surface area contributed by atoms with E-state index in [0.29, 0.717) is 17.5 Å². The molecule has 0 aliphatic carbocycles. The molecule has 2 aromatic heterocycles. The van der Waals surface area contributed by atoms with Gasteiger partial charge in [-0.1, -0.05) is 54.2 Å². The van der Waals surface area contributed by atoms with Crippen molar-refractivity contribution in [1.82, 2.24) is 19.7 Å². The molecule has 1 amide bonds. The van der Waals surface area contributed by atoms with E-state index in [4.69, 9.17) is 0 Å². The molecule has 4 aromatic rings. The molecule has 0 unspecified atom stereocenters. The van der Waals surface area contributed by atoms with Crippen molar-refractivity contribution >= 4 is 23.4 Å². The van der Waals surface area contributed by atoms with E-state index in [1.807, 2.05) is 47.0 Å². The SMILES string of the molecule is O=C(CSc1nnc(-c2ccncc2)n1Cc1ccccc1)Nc1ccccc1OC(F)F. The van der Waals surface area contributed by atoms with Crippen LogP contribution in [0, 0.1) is 0 Å². The van der Waals surface area contributed by atoms with Crippen LogP contribution in [-0.2, 0) is 11.3 Å². The van der Waals surface area contributed by atoms with Crippen molar-refractivity contribution in [2.45, 2.75) is 18.3 Å². The first-order valence-corrected chi connectivity index (χ1v) is 10.9. The first-order valence-electron chi connectivity index (χ1n) is 9.94. The van der Waals surface area contributed by atoms with Gasteiger partial charge in [0, 0.05) is 18.0 Å². The smallest absolute Gasteiger partial charge is 0.387 e. The third kappa shape index (κ3) is 5.92. The van der Waals surface area contributed by atoms with E-state index in [-0.39, 0.29) is 23.1 Å². The topological polar surface area (TPSA) is 81.9 Å². The van der Waals surface area contributed by atoms with Gasteiger partial charge in [-0.25, -0.2) is 0 Å². The molecule has 4 rings (SSSR count). The van der Waals surface area contributed by atoms with Crippen LogP contribution >= 0.6 is 11.8 Å². The summed E-state index contributed by atoms with van der Waals surface area (Å²) in [5.41, 5.74) is 2.08. The lowest BCUT2D eigenvalue weighted by molar-refractivity contribution is -0.113. The van der Waals surface area contributed by atoms with Crippen molar-refractivity contribution in [2.24, 2.45) is 0 Å². The lowest BCUT2D eigenvalue weighted by Gasteiger charge is -2.12. The van der Waals surface area contributed by atoms with E-state index >= 15 is 0 Å². The van der Waals surface area contributed by atoms with Crippen LogP contribution in [0.2, 0.25) is 0 Å². The second-order valence-corrected chi connectivity index (χ2v) is 7.77. The average Bonchev–Trinajstić information content (AvgIpc) is 3.22. The largest absolute Gasteiger partial charge is 0.433 e. The maximum atomic E-state index is 12.6. The van der Waals surface area contributed by atoms with Gasteiger partial charge in [-0.2, -0.15) is 8.78 Å². The first-order chi connectivity index (χ1) is 16.1. The molecule has 33 heavy (non-hydrogen) atoms. The number of carbonyl (C=O) groups is 1. The van der Waals surface area contributed by atoms with Crippen molar-refractivity contribution < 1.29 is 18.3 Å². The predicted octanol–water partition coefficient (Wildman–Crippen LogP) is 4.72. The zero-order chi connectivity index (χ0) is 23.0. The normalized spacial score (nSPS) is 10.9. The Bertz CT molecular complexity index is 1210. The number of thioether (sulfide) groups is 1. The van der Waals surface area contributed by atoms with Crippen LogP contribution in [0.3, 0.4) is 0 Å². The van der Waals surface area contributed by atoms with Crippen LogP contribution in [0.25, 0.3) is 11.4 Å². The van der Waals surface area contributed by atoms with Crippen molar-refractivity contribution in [3.63, 3.8) is 0 Å². The number of nitrogens with one attached hydrogen (secondary N) is 1. The van der Waals surface area contributed by atoms with E-state index in [9.17, 15) is 13.6 Å². The van der Waals surface area contributed by atoms with Crippen LogP contribution in [0.15, 0.2) is 84.3 Å². The second-order valence-electron chi connectivity index (χ2n) is 6.83. The highest BCUT2D eigenvalue weighted by Gasteiger charge is 2.17. The molecule has 1 N–H and O–H groups in total. The first kappa shape index (κ1) is 22.4. The summed E-state index contributed by atoms with van der Waals surface area (Å²) in [6, 6.07) is 19.6. The van der Waals surface area contributed by atoms with Gasteiger partial charge < -0.3 is 10.1 Å². The summed E-state index contributed by atoms with van der Waals surface area (Å²) >= 11 is 1.20. The van der Waals surface area contributed by atoms with E-state index in [1.165, 1.54) is 23.9 Å². The Morgan fingerprint density at radius 3 is 2.48 bits per heavy atom. The van der Waals surface area contributed by atoms with E-state index in [2.05, 4.69) is 25.2 Å². The van der Waals surface area contributed by atoms with Crippen molar-refractivity contribution in [1.29, 1.82) is 0 Å². The summed E-state index contributed by atoms with van der Waals surface area (Å²) in [4.78, 5) is 16.6. The molecule has 0 radical (unpaired) electrons. The summed E-state index contributed by atoms with van der Waals surface area (Å²) in [5, 5.41) is 11.8. The Morgan fingerprint density at radius 2 is 1.73 bits per heavy atom. The Balaban J connectivity index is 1.51. The minimum absolute atomic E-state index is 0.00623. The summed E-state index contributed by atoms with van der Waals surface area (Å²) in [6.45, 7) is -2.47. The summed E-state index contributed by atoms with van der Waals surface area (Å²) in [7, 11) is 0. The van der Waals surface area contributed by atoms with Gasteiger partial charge in [-0.15, -0.1) is 10.2 Å². The molecule has 10 heteroatoms. The highest BCUT2D eigenvalue weighted by Crippen LogP contribution is 2.27. The third-order valence-corrected chi connectivity index (χ3v) is 5.52. The van der Waals surface area contributed by atoms with Gasteiger partial charge in [0.15, 0.2) is 11.0 Å². The average molecular weight is 468 g/mol. The number of hydrogen-bond acceptors (Lipinski definition) is 6. The van der Waals surface area contributed by atoms with Crippen LogP contribution in [0.1, 0.15) is 5.56 Å². The van der Waals surface area contributed by atoms with Gasteiger partial charge in [0.1, 0.15) is 5.75 Å². The number of anilines is 1. The molecule has 0 spiro atoms. The number of aromatic nitrogens is 4. The molecule has 0 aliphatic heterocycles. The number of hydrogen-bond donors (Lipinski definition) is 1. The maximum absolute atomic E-state index is 12.6. The van der Waals surface area contributed by atoms with Gasteiger partial charge in [0.25, 0.3) is 0 Å². The molecule has 0 fully saturated rings. The highest BCUT2D eigenvalue weighted by molar-refractivity contribution is 7.99. The van der Waals surface area contributed by atoms with E-state index in [0.717, 1.165) is 11.1 Å². The third-order valence-electron chi connectivity index (χ3n) is 4.55. The minimum atomic E-state index is -2.99. The van der Waals surface area contributed by atoms with Gasteiger partial charge in [0.05, 0.1) is 18.0 Å². The van der Waals surface area contributed by atoms with Gasteiger partial charge in [-0.05, 0) is 29.8 Å². The molecular formula is C23H19F2N5O2S. The monoisotopic (exact) mass is 467 g/mol. The summed E-state index contributed by atoms with van der Waals surface area (Å²) < 4.78 is 31.6. The van der Waals surface area contributed by atoms with Crippen LogP contribution < -0.4 is 10.1 Å². The fraction of sp³-hybridized carbons (Fsp3) is 0.130. The number of para-hydroxylation sites is 2. The molecule has 0 saturated carbocycles. The molecule has 168 valence electrons. The Morgan fingerprint density at radius 1 is 1.00 bits per heavy atom. The molecule has 2 heterocycles. The lowest BCUT2D eigenvalue weighted by atomic mass is 10.2. The Kier molecular flexibility index (Phi) is 7.26. The molecular weight excluding hydrogens is 448 g/mol. The molecule has 0 aliphatic rings. The molecule has 0 bridgehead atoms. The zero-order valence-electron chi connectivity index (χ0n) is 17.3. The molecule has 7 nitrogen and oxygen atoms in total. The summed E-state index contributed by atoms with van der Waals surface area (Å²) in [6.07, 6.45) is 3.35. The molecule has 2 aromatic carbocycles. The number of nitrogens with zero attached hydrogens (tertiary/aromatic N) is 4. The van der Waals surface area contributed by atoms with Crippen molar-refractivity contribution in [3.8, 4) is 17.1 Å². The van der Waals surface area contributed by atoms with E-state index in [1.54, 1.807) is 24.5 Å². The van der Waals surface area contributed by atoms with Gasteiger partial charge in [-0.3, -0.25) is 14.3 Å². The zero-order valence-corrected chi connectivity index (χ0v) is 18.1. The molecule has 0 saturated heterocycles. The number of benzene rings is 2. The standard InChI is InChI=1S/C23H19F2N5O2S/c24-22(25)32-19-9-5-4-8-18(19)27-20(31)15-33-23-29-28-21(17-10-12-26-13-11-17)30(23)14-16-6-2-1-3-7-16/h1-13,22H,14-15H2,(H,27,31). The number of halogens is 2. The fourth-order valence-electron chi connectivity index (χ4n) is 3.10. The number of amides is 1. The van der Waals surface area contributed by atoms with Crippen molar-refractivity contribution in [2.75, 3.05) is 11.1 Å². The predicted molar refractivity (Wildman–Crippen MR) is 121 cm³/mol. The summed E-state index contributed by atoms with van der Waals surface area (Å²) in [5.74, 6) is 0.176. The fourth-order valence-corrected chi connectivity index (χ4v) is 3.84. The van der Waals surface area contributed by atoms with Crippen LogP contribution in [0.4, 0.5) is 14.5 Å². The molecule has 0 atom stereocenters. The lowest BCUT2D eigenvalue weighted by Crippen LogP contribution is -2.16.